The van der Waals surface area contributed by atoms with Crippen molar-refractivity contribution in [3.05, 3.63) is 70.6 Å². The van der Waals surface area contributed by atoms with E-state index in [1.165, 1.54) is 12.1 Å². The van der Waals surface area contributed by atoms with E-state index in [9.17, 15) is 18.0 Å². The third-order valence-electron chi connectivity index (χ3n) is 4.89. The summed E-state index contributed by atoms with van der Waals surface area (Å²) < 4.78 is 31.3. The van der Waals surface area contributed by atoms with E-state index in [0.29, 0.717) is 18.0 Å². The molecule has 3 aromatic rings. The molecule has 180 valence electrons. The summed E-state index contributed by atoms with van der Waals surface area (Å²) >= 11 is 0.991. The number of nitrogens with one attached hydrogen (secondary N) is 2. The second kappa shape index (κ2) is 11.8. The summed E-state index contributed by atoms with van der Waals surface area (Å²) in [5.41, 5.74) is 0.801. The molecule has 0 bridgehead atoms. The van der Waals surface area contributed by atoms with Gasteiger partial charge in [-0.2, -0.15) is 0 Å². The maximum absolute atomic E-state index is 12.9. The molecule has 10 heteroatoms. The molecule has 0 fully saturated rings. The molecule has 1 heterocycles. The number of para-hydroxylation sites is 2. The summed E-state index contributed by atoms with van der Waals surface area (Å²) in [6, 6.07) is 13.6. The number of carbonyl (C=O) groups excluding carboxylic acids is 1. The number of unbranched alkanes of at least 4 members (excludes halogenated alkanes) is 1. The van der Waals surface area contributed by atoms with Crippen LogP contribution in [0.2, 0.25) is 0 Å². The van der Waals surface area contributed by atoms with Gasteiger partial charge in [0.05, 0.1) is 29.1 Å². The number of carbonyl (C=O) groups is 1. The highest BCUT2D eigenvalue weighted by Gasteiger charge is 2.22. The first-order valence-electron chi connectivity index (χ1n) is 10.9. The van der Waals surface area contributed by atoms with Crippen molar-refractivity contribution in [2.45, 2.75) is 48.1 Å². The molecular weight excluding hydrogens is 474 g/mol. The number of benzene rings is 2. The number of anilines is 1. The highest BCUT2D eigenvalue weighted by atomic mass is 32.2. The minimum Gasteiger partial charge on any atom is -0.492 e. The van der Waals surface area contributed by atoms with Crippen LogP contribution in [-0.4, -0.2) is 36.7 Å². The molecule has 0 saturated heterocycles. The molecule has 0 spiro atoms. The van der Waals surface area contributed by atoms with E-state index in [2.05, 4.69) is 22.2 Å². The fourth-order valence-electron chi connectivity index (χ4n) is 3.15. The van der Waals surface area contributed by atoms with Crippen molar-refractivity contribution < 1.29 is 17.9 Å². The van der Waals surface area contributed by atoms with Crippen LogP contribution in [0, 0.1) is 0 Å². The van der Waals surface area contributed by atoms with E-state index in [0.717, 1.165) is 42.8 Å². The Balaban J connectivity index is 1.67. The first kappa shape index (κ1) is 25.5. The Bertz CT molecular complexity index is 1290. The molecule has 0 aliphatic carbocycles. The third kappa shape index (κ3) is 6.48. The van der Waals surface area contributed by atoms with Crippen LogP contribution in [0.3, 0.4) is 0 Å². The van der Waals surface area contributed by atoms with Crippen molar-refractivity contribution in [2.75, 3.05) is 17.7 Å². The highest BCUT2D eigenvalue weighted by molar-refractivity contribution is 7.99. The number of hydrogen-bond acceptors (Lipinski definition) is 7. The van der Waals surface area contributed by atoms with E-state index in [1.807, 2.05) is 6.92 Å². The van der Waals surface area contributed by atoms with E-state index < -0.39 is 20.3 Å². The number of hydrogen-bond donors (Lipinski definition) is 2. The Labute approximate surface area is 203 Å². The third-order valence-corrected chi connectivity index (χ3v) is 7.54. The Kier molecular flexibility index (Phi) is 8.89. The van der Waals surface area contributed by atoms with Crippen LogP contribution in [-0.2, 0) is 21.1 Å². The number of aromatic amines is 1. The zero-order valence-electron chi connectivity index (χ0n) is 19.0. The second-order valence-corrected chi connectivity index (χ2v) is 10.3. The Morgan fingerprint density at radius 3 is 2.53 bits per heavy atom. The zero-order chi connectivity index (χ0) is 24.6. The van der Waals surface area contributed by atoms with Crippen LogP contribution in [0.5, 0.6) is 5.75 Å². The molecule has 2 N–H and O–H groups in total. The molecule has 0 atom stereocenters. The van der Waals surface area contributed by atoms with Crippen LogP contribution >= 0.6 is 11.8 Å². The normalized spacial score (nSPS) is 11.2. The van der Waals surface area contributed by atoms with Gasteiger partial charge in [-0.3, -0.25) is 9.59 Å². The molecule has 34 heavy (non-hydrogen) atoms. The van der Waals surface area contributed by atoms with Gasteiger partial charge in [0.1, 0.15) is 5.75 Å². The lowest BCUT2D eigenvalue weighted by Gasteiger charge is -2.11. The van der Waals surface area contributed by atoms with Crippen LogP contribution in [0.25, 0.3) is 0 Å². The zero-order valence-corrected chi connectivity index (χ0v) is 20.7. The van der Waals surface area contributed by atoms with Gasteiger partial charge in [-0.15, -0.1) is 0 Å². The van der Waals surface area contributed by atoms with Crippen LogP contribution in [0.4, 0.5) is 5.69 Å². The van der Waals surface area contributed by atoms with Gasteiger partial charge in [0.2, 0.25) is 15.7 Å². The number of ether oxygens (including phenoxy) is 1. The van der Waals surface area contributed by atoms with Gasteiger partial charge in [0.25, 0.3) is 5.56 Å². The molecule has 8 nitrogen and oxygen atoms in total. The van der Waals surface area contributed by atoms with E-state index >= 15 is 0 Å². The Morgan fingerprint density at radius 2 is 1.85 bits per heavy atom. The van der Waals surface area contributed by atoms with Crippen molar-refractivity contribution >= 4 is 33.2 Å². The van der Waals surface area contributed by atoms with Crippen molar-refractivity contribution in [3.8, 4) is 5.75 Å². The Morgan fingerprint density at radius 1 is 1.12 bits per heavy atom. The average Bonchev–Trinajstić information content (AvgIpc) is 2.83. The number of nitrogens with zero attached hydrogens (tertiary/aromatic N) is 1. The molecule has 1 aromatic heterocycles. The first-order chi connectivity index (χ1) is 16.3. The van der Waals surface area contributed by atoms with Crippen LogP contribution in [0.1, 0.15) is 32.3 Å². The summed E-state index contributed by atoms with van der Waals surface area (Å²) in [5, 5.41) is 2.90. The topological polar surface area (TPSA) is 118 Å². The van der Waals surface area contributed by atoms with Gasteiger partial charge < -0.3 is 15.0 Å². The molecule has 3 rings (SSSR count). The molecule has 0 unspecified atom stereocenters. The van der Waals surface area contributed by atoms with E-state index in [4.69, 9.17) is 4.74 Å². The lowest BCUT2D eigenvalue weighted by Crippen LogP contribution is -2.20. The summed E-state index contributed by atoms with van der Waals surface area (Å²) in [6.07, 6.45) is 3.97. The largest absolute Gasteiger partial charge is 0.492 e. The van der Waals surface area contributed by atoms with Gasteiger partial charge in [0, 0.05) is 0 Å². The van der Waals surface area contributed by atoms with E-state index in [1.54, 1.807) is 36.4 Å². The highest BCUT2D eigenvalue weighted by Crippen LogP contribution is 2.24. The van der Waals surface area contributed by atoms with Gasteiger partial charge in [0.15, 0.2) is 10.1 Å². The molecule has 0 aliphatic rings. The number of H-pyrrole nitrogens is 1. The second-order valence-electron chi connectivity index (χ2n) is 7.40. The number of sulfone groups is 1. The van der Waals surface area contributed by atoms with Crippen molar-refractivity contribution in [2.24, 2.45) is 0 Å². The summed E-state index contributed by atoms with van der Waals surface area (Å²) in [6.45, 7) is 4.40. The summed E-state index contributed by atoms with van der Waals surface area (Å²) in [5.74, 6) is 0.205. The Hall–Kier alpha value is -3.11. The maximum Gasteiger partial charge on any atom is 0.270 e. The number of amides is 1. The predicted octanol–water partition coefficient (Wildman–Crippen LogP) is 4.07. The molecule has 2 aromatic carbocycles. The quantitative estimate of drug-likeness (QED) is 0.300. The van der Waals surface area contributed by atoms with Crippen LogP contribution in [0.15, 0.2) is 74.5 Å². The molecule has 0 radical (unpaired) electrons. The smallest absolute Gasteiger partial charge is 0.270 e. The van der Waals surface area contributed by atoms with Crippen molar-refractivity contribution in [1.29, 1.82) is 0 Å². The number of aromatic nitrogens is 2. The average molecular weight is 502 g/mol. The van der Waals surface area contributed by atoms with Crippen molar-refractivity contribution in [3.63, 3.8) is 0 Å². The van der Waals surface area contributed by atoms with Gasteiger partial charge >= 0.3 is 0 Å². The maximum atomic E-state index is 12.9. The lowest BCUT2D eigenvalue weighted by atomic mass is 10.1. The molecule has 1 amide bonds. The summed E-state index contributed by atoms with van der Waals surface area (Å²) in [4.78, 5) is 30.9. The minimum absolute atomic E-state index is 0.0330. The number of thioether (sulfide) groups is 1. The predicted molar refractivity (Wildman–Crippen MR) is 132 cm³/mol. The standard InChI is InChI=1S/C24H27N3O5S2/c1-3-5-8-17-11-13-18(14-12-17)34(30,31)21-15-25-24(27-23(21)29)33-16-22(28)26-19-9-6-7-10-20(19)32-4-2/h6-7,9-15H,3-5,8,16H2,1-2H3,(H,26,28)(H,25,27,29). The monoisotopic (exact) mass is 501 g/mol. The first-order valence-corrected chi connectivity index (χ1v) is 13.4. The SMILES string of the molecule is CCCCc1ccc(S(=O)(=O)c2cnc(SCC(=O)Nc3ccccc3OCC)[nH]c2=O)cc1. The minimum atomic E-state index is -4.01. The van der Waals surface area contributed by atoms with Gasteiger partial charge in [-0.25, -0.2) is 13.4 Å². The fourth-order valence-corrected chi connectivity index (χ4v) is 5.01. The van der Waals surface area contributed by atoms with Crippen LogP contribution < -0.4 is 15.6 Å². The lowest BCUT2D eigenvalue weighted by molar-refractivity contribution is -0.113. The number of rotatable bonds is 11. The fraction of sp³-hybridized carbons (Fsp3) is 0.292. The number of aryl methyl sites for hydroxylation is 1. The summed E-state index contributed by atoms with van der Waals surface area (Å²) in [7, 11) is -4.01. The molecule has 0 aliphatic heterocycles. The van der Waals surface area contributed by atoms with E-state index in [-0.39, 0.29) is 21.7 Å². The van der Waals surface area contributed by atoms with Gasteiger partial charge in [-0.1, -0.05) is 49.4 Å². The van der Waals surface area contributed by atoms with Crippen molar-refractivity contribution in [1.82, 2.24) is 9.97 Å². The molecular formula is C24H27N3O5S2. The van der Waals surface area contributed by atoms with Gasteiger partial charge in [-0.05, 0) is 49.6 Å². The molecule has 0 saturated carbocycles.